The van der Waals surface area contributed by atoms with E-state index in [9.17, 15) is 0 Å². The summed E-state index contributed by atoms with van der Waals surface area (Å²) in [5.74, 6) is 0. The van der Waals surface area contributed by atoms with E-state index >= 15 is 0 Å². The first-order valence-electron chi connectivity index (χ1n) is 5.70. The van der Waals surface area contributed by atoms with Gasteiger partial charge in [0.25, 0.3) is 0 Å². The molecule has 2 rings (SSSR count). The second-order valence-corrected chi connectivity index (χ2v) is 5.37. The van der Waals surface area contributed by atoms with Crippen LogP contribution < -0.4 is 10.6 Å². The van der Waals surface area contributed by atoms with Crippen molar-refractivity contribution >= 4 is 16.5 Å². The molecule has 2 N–H and O–H groups in total. The van der Waals surface area contributed by atoms with Crippen LogP contribution in [0.2, 0.25) is 0 Å². The van der Waals surface area contributed by atoms with Gasteiger partial charge in [0.15, 0.2) is 0 Å². The summed E-state index contributed by atoms with van der Waals surface area (Å²) < 4.78 is 0. The standard InChI is InChI=1S/C10H19N5S/c1-8(7-11)14-3-5-15(6-4-14)10-13-12-9(2)16-10/h8H,3-7,11H2,1-2H3. The molecule has 0 spiro atoms. The Bertz CT molecular complexity index is 332. The Morgan fingerprint density at radius 1 is 1.31 bits per heavy atom. The summed E-state index contributed by atoms with van der Waals surface area (Å²) >= 11 is 1.67. The monoisotopic (exact) mass is 241 g/mol. The smallest absolute Gasteiger partial charge is 0.208 e. The van der Waals surface area contributed by atoms with Gasteiger partial charge in [-0.05, 0) is 13.8 Å². The van der Waals surface area contributed by atoms with E-state index in [0.29, 0.717) is 6.04 Å². The molecule has 1 aromatic heterocycles. The minimum Gasteiger partial charge on any atom is -0.344 e. The molecule has 0 radical (unpaired) electrons. The number of rotatable bonds is 3. The molecule has 1 saturated heterocycles. The molecule has 0 aliphatic carbocycles. The summed E-state index contributed by atoms with van der Waals surface area (Å²) in [6.45, 7) is 9.10. The third-order valence-electron chi connectivity index (χ3n) is 3.06. The van der Waals surface area contributed by atoms with E-state index in [0.717, 1.165) is 42.9 Å². The molecular formula is C10H19N5S. The van der Waals surface area contributed by atoms with Gasteiger partial charge in [0.1, 0.15) is 5.01 Å². The van der Waals surface area contributed by atoms with E-state index in [2.05, 4.69) is 26.9 Å². The maximum Gasteiger partial charge on any atom is 0.208 e. The topological polar surface area (TPSA) is 58.3 Å². The lowest BCUT2D eigenvalue weighted by Gasteiger charge is -2.37. The van der Waals surface area contributed by atoms with Gasteiger partial charge >= 0.3 is 0 Å². The molecule has 0 aromatic carbocycles. The Labute approximate surface area is 100 Å². The second kappa shape index (κ2) is 5.07. The highest BCUT2D eigenvalue weighted by Gasteiger charge is 2.22. The van der Waals surface area contributed by atoms with Crippen molar-refractivity contribution in [2.24, 2.45) is 5.73 Å². The molecule has 1 aliphatic rings. The number of hydrogen-bond donors (Lipinski definition) is 1. The van der Waals surface area contributed by atoms with E-state index in [-0.39, 0.29) is 0 Å². The van der Waals surface area contributed by atoms with Gasteiger partial charge in [-0.2, -0.15) is 0 Å². The molecule has 1 atom stereocenters. The first-order chi connectivity index (χ1) is 7.70. The van der Waals surface area contributed by atoms with E-state index in [1.165, 1.54) is 0 Å². The van der Waals surface area contributed by atoms with Crippen LogP contribution in [0.25, 0.3) is 0 Å². The summed E-state index contributed by atoms with van der Waals surface area (Å²) in [6, 6.07) is 0.485. The van der Waals surface area contributed by atoms with Crippen molar-refractivity contribution in [3.8, 4) is 0 Å². The summed E-state index contributed by atoms with van der Waals surface area (Å²) in [4.78, 5) is 4.74. The van der Waals surface area contributed by atoms with Crippen LogP contribution in [-0.2, 0) is 0 Å². The Hall–Kier alpha value is -0.720. The number of nitrogens with zero attached hydrogens (tertiary/aromatic N) is 4. The molecule has 16 heavy (non-hydrogen) atoms. The van der Waals surface area contributed by atoms with Gasteiger partial charge in [0, 0.05) is 38.8 Å². The molecule has 90 valence electrons. The summed E-state index contributed by atoms with van der Waals surface area (Å²) in [7, 11) is 0. The van der Waals surface area contributed by atoms with Crippen LogP contribution in [0.5, 0.6) is 0 Å². The lowest BCUT2D eigenvalue weighted by Crippen LogP contribution is -2.51. The summed E-state index contributed by atoms with van der Waals surface area (Å²) in [5, 5.41) is 10.3. The second-order valence-electron chi connectivity index (χ2n) is 4.21. The molecular weight excluding hydrogens is 222 g/mol. The fourth-order valence-electron chi connectivity index (χ4n) is 1.92. The Morgan fingerprint density at radius 2 is 2.00 bits per heavy atom. The molecule has 0 bridgehead atoms. The predicted octanol–water partition coefficient (Wildman–Crippen LogP) is 0.316. The van der Waals surface area contributed by atoms with Crippen LogP contribution in [0.3, 0.4) is 0 Å². The number of anilines is 1. The Morgan fingerprint density at radius 3 is 2.50 bits per heavy atom. The van der Waals surface area contributed by atoms with Crippen molar-refractivity contribution in [2.45, 2.75) is 19.9 Å². The zero-order valence-corrected chi connectivity index (χ0v) is 10.7. The third kappa shape index (κ3) is 2.50. The lowest BCUT2D eigenvalue weighted by molar-refractivity contribution is 0.201. The maximum absolute atomic E-state index is 5.68. The maximum atomic E-state index is 5.68. The highest BCUT2D eigenvalue weighted by molar-refractivity contribution is 7.15. The molecule has 6 heteroatoms. The van der Waals surface area contributed by atoms with Crippen molar-refractivity contribution in [2.75, 3.05) is 37.6 Å². The van der Waals surface area contributed by atoms with Gasteiger partial charge in [-0.15, -0.1) is 10.2 Å². The first-order valence-corrected chi connectivity index (χ1v) is 6.51. The Kier molecular flexibility index (Phi) is 3.73. The average molecular weight is 241 g/mol. The van der Waals surface area contributed by atoms with Crippen LogP contribution in [0, 0.1) is 6.92 Å². The molecule has 1 aromatic rings. The van der Waals surface area contributed by atoms with Crippen molar-refractivity contribution in [3.63, 3.8) is 0 Å². The van der Waals surface area contributed by atoms with E-state index in [1.807, 2.05) is 6.92 Å². The zero-order valence-electron chi connectivity index (χ0n) is 9.89. The molecule has 5 nitrogen and oxygen atoms in total. The number of nitrogens with two attached hydrogens (primary N) is 1. The summed E-state index contributed by atoms with van der Waals surface area (Å²) in [6.07, 6.45) is 0. The molecule has 1 aliphatic heterocycles. The van der Waals surface area contributed by atoms with Crippen LogP contribution >= 0.6 is 11.3 Å². The van der Waals surface area contributed by atoms with E-state index in [4.69, 9.17) is 5.73 Å². The lowest BCUT2D eigenvalue weighted by atomic mass is 10.2. The van der Waals surface area contributed by atoms with Gasteiger partial charge in [0.2, 0.25) is 5.13 Å². The summed E-state index contributed by atoms with van der Waals surface area (Å²) in [5.41, 5.74) is 5.68. The number of hydrogen-bond acceptors (Lipinski definition) is 6. The van der Waals surface area contributed by atoms with Gasteiger partial charge < -0.3 is 10.6 Å². The van der Waals surface area contributed by atoms with Gasteiger partial charge in [-0.1, -0.05) is 11.3 Å². The predicted molar refractivity (Wildman–Crippen MR) is 66.9 cm³/mol. The number of piperazine rings is 1. The Balaban J connectivity index is 1.90. The number of aromatic nitrogens is 2. The number of aryl methyl sites for hydroxylation is 1. The average Bonchev–Trinajstić information content (AvgIpc) is 2.75. The third-order valence-corrected chi connectivity index (χ3v) is 3.96. The normalized spacial score (nSPS) is 20.1. The van der Waals surface area contributed by atoms with Crippen molar-refractivity contribution in [3.05, 3.63) is 5.01 Å². The first kappa shape index (κ1) is 11.8. The molecule has 0 saturated carbocycles. The van der Waals surface area contributed by atoms with Crippen LogP contribution in [0.15, 0.2) is 0 Å². The van der Waals surface area contributed by atoms with E-state index < -0.39 is 0 Å². The van der Waals surface area contributed by atoms with Crippen molar-refractivity contribution < 1.29 is 0 Å². The van der Waals surface area contributed by atoms with Gasteiger partial charge in [0.05, 0.1) is 0 Å². The van der Waals surface area contributed by atoms with Crippen LogP contribution in [0.1, 0.15) is 11.9 Å². The molecule has 1 unspecified atom stereocenters. The zero-order chi connectivity index (χ0) is 11.5. The highest BCUT2D eigenvalue weighted by atomic mass is 32.1. The van der Waals surface area contributed by atoms with Crippen molar-refractivity contribution in [1.82, 2.24) is 15.1 Å². The fourth-order valence-corrected chi connectivity index (χ4v) is 2.66. The van der Waals surface area contributed by atoms with E-state index in [1.54, 1.807) is 11.3 Å². The molecule has 0 amide bonds. The minimum absolute atomic E-state index is 0.485. The van der Waals surface area contributed by atoms with Crippen molar-refractivity contribution in [1.29, 1.82) is 0 Å². The minimum atomic E-state index is 0.485. The van der Waals surface area contributed by atoms with Crippen LogP contribution in [0.4, 0.5) is 5.13 Å². The molecule has 2 heterocycles. The van der Waals surface area contributed by atoms with Crippen LogP contribution in [-0.4, -0.2) is 53.9 Å². The quantitative estimate of drug-likeness (QED) is 0.825. The van der Waals surface area contributed by atoms with Gasteiger partial charge in [-0.3, -0.25) is 4.90 Å². The highest BCUT2D eigenvalue weighted by Crippen LogP contribution is 2.21. The van der Waals surface area contributed by atoms with Gasteiger partial charge in [-0.25, -0.2) is 0 Å². The fraction of sp³-hybridized carbons (Fsp3) is 0.800. The largest absolute Gasteiger partial charge is 0.344 e. The SMILES string of the molecule is Cc1nnc(N2CCN(C(C)CN)CC2)s1. The molecule has 1 fully saturated rings.